The Morgan fingerprint density at radius 2 is 1.05 bits per heavy atom. The van der Waals surface area contributed by atoms with E-state index in [1.165, 1.54) is 0 Å². The molecule has 124 valence electrons. The smallest absolute Gasteiger partial charge is 0.502 e. The summed E-state index contributed by atoms with van der Waals surface area (Å²) in [5.74, 6) is 0.753. The number of hydrogen-bond acceptors (Lipinski definition) is 5. The maximum atomic E-state index is 6.34. The van der Waals surface area contributed by atoms with Crippen LogP contribution in [0.15, 0.2) is 30.3 Å². The van der Waals surface area contributed by atoms with Crippen LogP contribution in [0.5, 0.6) is 5.75 Å². The second kappa shape index (κ2) is 5.98. The van der Waals surface area contributed by atoms with Crippen LogP contribution in [0.4, 0.5) is 0 Å². The lowest BCUT2D eigenvalue weighted by Crippen LogP contribution is -2.67. The van der Waals surface area contributed by atoms with E-state index in [1.807, 2.05) is 76.2 Å². The molecule has 0 aromatic heterocycles. The van der Waals surface area contributed by atoms with E-state index in [1.54, 1.807) is 0 Å². The number of benzene rings is 1. The Labute approximate surface area is 137 Å². The Morgan fingerprint density at radius 1 is 0.636 bits per heavy atom. The fraction of sp³-hybridized carbons (Fsp3) is 0.538. The van der Waals surface area contributed by atoms with Gasteiger partial charge in [0.1, 0.15) is 5.75 Å². The molecule has 0 spiro atoms. The Morgan fingerprint density at radius 3 is 1.50 bits per heavy atom. The zero-order chi connectivity index (χ0) is 16.6. The van der Waals surface area contributed by atoms with Crippen LogP contribution in [-0.4, -0.2) is 34.5 Å². The van der Waals surface area contributed by atoms with Gasteiger partial charge in [-0.05, 0) is 51.4 Å². The van der Waals surface area contributed by atoms with Crippen molar-refractivity contribution >= 4 is 34.5 Å². The van der Waals surface area contributed by atoms with Crippen molar-refractivity contribution in [2.75, 3.05) is 0 Å². The summed E-state index contributed by atoms with van der Waals surface area (Å²) in [5, 5.41) is 0. The Kier molecular flexibility index (Phi) is 4.91. The summed E-state index contributed by atoms with van der Waals surface area (Å²) in [4.78, 5) is 0. The van der Waals surface area contributed by atoms with Crippen molar-refractivity contribution in [1.29, 1.82) is 0 Å². The molecule has 1 heterocycles. The second-order valence-electron chi connectivity index (χ2n) is 6.89. The van der Waals surface area contributed by atoms with Gasteiger partial charge in [0.2, 0.25) is 0 Å². The SMILES string of the molecule is C[Si]1(C)O[Si](C)(C)O[Si](C)(Oc2ccccc2)O[Si](C)(C)O1. The summed E-state index contributed by atoms with van der Waals surface area (Å²) in [6.45, 7) is 14.1. The van der Waals surface area contributed by atoms with Crippen molar-refractivity contribution in [3.8, 4) is 5.75 Å². The highest BCUT2D eigenvalue weighted by Gasteiger charge is 2.55. The first-order valence-electron chi connectivity index (χ1n) is 7.45. The van der Waals surface area contributed by atoms with E-state index in [2.05, 4.69) is 0 Å². The van der Waals surface area contributed by atoms with Gasteiger partial charge in [-0.2, -0.15) is 0 Å². The first kappa shape index (κ1) is 18.1. The molecule has 0 saturated carbocycles. The van der Waals surface area contributed by atoms with Gasteiger partial charge in [0, 0.05) is 6.55 Å². The van der Waals surface area contributed by atoms with E-state index < -0.39 is 34.5 Å². The summed E-state index contributed by atoms with van der Waals surface area (Å²) in [6.07, 6.45) is 0. The lowest BCUT2D eigenvalue weighted by Gasteiger charge is -2.46. The lowest BCUT2D eigenvalue weighted by molar-refractivity contribution is 0.184. The summed E-state index contributed by atoms with van der Waals surface area (Å²) < 4.78 is 31.4. The van der Waals surface area contributed by atoms with Crippen molar-refractivity contribution in [1.82, 2.24) is 0 Å². The molecular formula is C13H26O5Si4. The fourth-order valence-electron chi connectivity index (χ4n) is 2.90. The second-order valence-corrected chi connectivity index (χ2v) is 20.5. The molecule has 1 fully saturated rings. The molecule has 5 nitrogen and oxygen atoms in total. The summed E-state index contributed by atoms with van der Waals surface area (Å²) >= 11 is 0. The maximum Gasteiger partial charge on any atom is 0.544 e. The summed E-state index contributed by atoms with van der Waals surface area (Å²) in [5.41, 5.74) is 0. The first-order valence-corrected chi connectivity index (χ1v) is 18.1. The van der Waals surface area contributed by atoms with Gasteiger partial charge >= 0.3 is 34.5 Å². The van der Waals surface area contributed by atoms with Crippen LogP contribution < -0.4 is 4.43 Å². The quantitative estimate of drug-likeness (QED) is 0.736. The third-order valence-corrected chi connectivity index (χ3v) is 18.3. The minimum Gasteiger partial charge on any atom is -0.502 e. The van der Waals surface area contributed by atoms with Gasteiger partial charge in [-0.3, -0.25) is 0 Å². The number of hydrogen-bond donors (Lipinski definition) is 0. The number of para-hydroxylation sites is 1. The highest BCUT2D eigenvalue weighted by molar-refractivity contribution is 6.91. The van der Waals surface area contributed by atoms with Gasteiger partial charge in [-0.25, -0.2) is 0 Å². The number of rotatable bonds is 2. The van der Waals surface area contributed by atoms with Crippen molar-refractivity contribution in [2.24, 2.45) is 0 Å². The van der Waals surface area contributed by atoms with Crippen LogP contribution in [0.2, 0.25) is 45.8 Å². The molecule has 0 atom stereocenters. The first-order chi connectivity index (χ1) is 9.91. The predicted molar refractivity (Wildman–Crippen MR) is 95.5 cm³/mol. The minimum atomic E-state index is -2.90. The molecule has 1 aliphatic heterocycles. The van der Waals surface area contributed by atoms with E-state index in [0.717, 1.165) is 5.75 Å². The van der Waals surface area contributed by atoms with Crippen LogP contribution >= 0.6 is 0 Å². The average Bonchev–Trinajstić information content (AvgIpc) is 2.21. The van der Waals surface area contributed by atoms with Crippen LogP contribution in [0.25, 0.3) is 0 Å². The molecule has 0 bridgehead atoms. The third kappa shape index (κ3) is 5.13. The zero-order valence-corrected chi connectivity index (χ0v) is 18.4. The molecule has 1 aromatic rings. The fourth-order valence-corrected chi connectivity index (χ4v) is 22.6. The molecular weight excluding hydrogens is 348 g/mol. The van der Waals surface area contributed by atoms with Gasteiger partial charge in [-0.15, -0.1) is 0 Å². The highest BCUT2D eigenvalue weighted by atomic mass is 28.5. The standard InChI is InChI=1S/C13H26O5Si4/c1-19(2)15-20(3,4)17-22(7,18-21(5,6)16-19)14-13-11-9-8-10-12-13/h8-12H,1-7H3. The van der Waals surface area contributed by atoms with Gasteiger partial charge in [0.15, 0.2) is 0 Å². The van der Waals surface area contributed by atoms with E-state index >= 15 is 0 Å². The lowest BCUT2D eigenvalue weighted by atomic mass is 10.3. The zero-order valence-electron chi connectivity index (χ0n) is 14.4. The van der Waals surface area contributed by atoms with Gasteiger partial charge < -0.3 is 20.9 Å². The van der Waals surface area contributed by atoms with E-state index in [0.29, 0.717) is 0 Å². The van der Waals surface area contributed by atoms with Crippen LogP contribution in [-0.2, 0) is 16.5 Å². The normalized spacial score (nSPS) is 25.8. The maximum absolute atomic E-state index is 6.34. The Balaban J connectivity index is 2.29. The van der Waals surface area contributed by atoms with Crippen LogP contribution in [0.3, 0.4) is 0 Å². The van der Waals surface area contributed by atoms with Crippen molar-refractivity contribution in [2.45, 2.75) is 45.8 Å². The van der Waals surface area contributed by atoms with Crippen molar-refractivity contribution in [3.05, 3.63) is 30.3 Å². The van der Waals surface area contributed by atoms with Crippen LogP contribution in [0.1, 0.15) is 0 Å². The molecule has 1 aliphatic rings. The average molecular weight is 375 g/mol. The molecule has 0 unspecified atom stereocenters. The van der Waals surface area contributed by atoms with E-state index in [-0.39, 0.29) is 0 Å². The van der Waals surface area contributed by atoms with Crippen molar-refractivity contribution in [3.63, 3.8) is 0 Å². The molecule has 2 rings (SSSR count). The molecule has 9 heteroatoms. The van der Waals surface area contributed by atoms with E-state index in [4.69, 9.17) is 20.9 Å². The minimum absolute atomic E-state index is 0.753. The molecule has 0 aliphatic carbocycles. The molecule has 0 radical (unpaired) electrons. The third-order valence-electron chi connectivity index (χ3n) is 2.89. The van der Waals surface area contributed by atoms with Gasteiger partial charge in [0.25, 0.3) is 0 Å². The van der Waals surface area contributed by atoms with Gasteiger partial charge in [0.05, 0.1) is 0 Å². The molecule has 0 N–H and O–H groups in total. The molecule has 22 heavy (non-hydrogen) atoms. The highest BCUT2D eigenvalue weighted by Crippen LogP contribution is 2.31. The van der Waals surface area contributed by atoms with Crippen molar-refractivity contribution < 1.29 is 20.9 Å². The Bertz CT molecular complexity index is 498. The molecule has 1 aromatic carbocycles. The Hall–Kier alpha value is -0.272. The van der Waals surface area contributed by atoms with Crippen LogP contribution in [0, 0.1) is 0 Å². The van der Waals surface area contributed by atoms with Gasteiger partial charge in [-0.1, -0.05) is 18.2 Å². The monoisotopic (exact) mass is 374 g/mol. The topological polar surface area (TPSA) is 46.2 Å². The van der Waals surface area contributed by atoms with E-state index in [9.17, 15) is 0 Å². The summed E-state index contributed by atoms with van der Waals surface area (Å²) in [7, 11) is -9.94. The summed E-state index contributed by atoms with van der Waals surface area (Å²) in [6, 6.07) is 9.64. The largest absolute Gasteiger partial charge is 0.544 e. The molecule has 0 amide bonds. The molecule has 1 saturated heterocycles. The predicted octanol–water partition coefficient (Wildman–Crippen LogP) is 3.82.